The van der Waals surface area contributed by atoms with Crippen LogP contribution in [-0.4, -0.2) is 12.7 Å². The van der Waals surface area contributed by atoms with E-state index in [-0.39, 0.29) is 0 Å². The molecule has 1 saturated heterocycles. The van der Waals surface area contributed by atoms with Crippen LogP contribution in [0.3, 0.4) is 0 Å². The van der Waals surface area contributed by atoms with E-state index in [0.717, 1.165) is 30.3 Å². The second kappa shape index (κ2) is 2.29. The summed E-state index contributed by atoms with van der Waals surface area (Å²) in [6.07, 6.45) is 11.5. The molecule has 0 aromatic heterocycles. The Morgan fingerprint density at radius 1 is 1.06 bits per heavy atom. The van der Waals surface area contributed by atoms with Crippen molar-refractivity contribution in [3.8, 4) is 0 Å². The van der Waals surface area contributed by atoms with Gasteiger partial charge >= 0.3 is 0 Å². The minimum Gasteiger partial charge on any atom is -0.377 e. The number of hydrogen-bond acceptors (Lipinski definition) is 1. The summed E-state index contributed by atoms with van der Waals surface area (Å²) in [5, 5.41) is 0. The molecule has 86 valence electrons. The van der Waals surface area contributed by atoms with E-state index in [9.17, 15) is 0 Å². The molecule has 1 heteroatoms. The van der Waals surface area contributed by atoms with Crippen molar-refractivity contribution in [2.75, 3.05) is 6.61 Å². The smallest absolute Gasteiger partial charge is 0.0643 e. The third kappa shape index (κ3) is 0.580. The maximum Gasteiger partial charge on any atom is 0.0643 e. The molecule has 5 aliphatic rings. The molecular formula is C15H20O. The highest BCUT2D eigenvalue weighted by atomic mass is 16.5. The molecule has 4 aliphatic carbocycles. The lowest BCUT2D eigenvalue weighted by Crippen LogP contribution is -2.44. The quantitative estimate of drug-likeness (QED) is 0.566. The third-order valence-corrected chi connectivity index (χ3v) is 7.29. The first-order chi connectivity index (χ1) is 7.78. The third-order valence-electron chi connectivity index (χ3n) is 7.29. The largest absolute Gasteiger partial charge is 0.377 e. The van der Waals surface area contributed by atoms with Crippen molar-refractivity contribution in [3.05, 3.63) is 12.2 Å². The second-order valence-electron chi connectivity index (χ2n) is 7.08. The van der Waals surface area contributed by atoms with E-state index in [4.69, 9.17) is 4.74 Å². The van der Waals surface area contributed by atoms with Crippen LogP contribution < -0.4 is 0 Å². The molecule has 0 bridgehead atoms. The molecule has 1 aliphatic heterocycles. The number of rotatable bonds is 0. The van der Waals surface area contributed by atoms with Crippen molar-refractivity contribution in [1.82, 2.24) is 0 Å². The fourth-order valence-corrected chi connectivity index (χ4v) is 6.93. The first-order valence-corrected chi connectivity index (χ1v) is 7.08. The minimum absolute atomic E-state index is 0.583. The predicted octanol–water partition coefficient (Wildman–Crippen LogP) is 3.01. The van der Waals surface area contributed by atoms with Crippen LogP contribution in [0.25, 0.3) is 0 Å². The van der Waals surface area contributed by atoms with E-state index in [2.05, 4.69) is 19.1 Å². The Bertz CT molecular complexity index is 368. The van der Waals surface area contributed by atoms with E-state index >= 15 is 0 Å². The van der Waals surface area contributed by atoms with Gasteiger partial charge in [-0.15, -0.1) is 0 Å². The molecule has 0 unspecified atom stereocenters. The fraction of sp³-hybridized carbons (Fsp3) is 0.867. The van der Waals surface area contributed by atoms with Crippen LogP contribution in [0, 0.1) is 34.5 Å². The fourth-order valence-electron chi connectivity index (χ4n) is 6.93. The van der Waals surface area contributed by atoms with Gasteiger partial charge in [0.2, 0.25) is 0 Å². The van der Waals surface area contributed by atoms with Gasteiger partial charge < -0.3 is 4.74 Å². The summed E-state index contributed by atoms with van der Waals surface area (Å²) < 4.78 is 6.18. The van der Waals surface area contributed by atoms with Crippen LogP contribution in [0.2, 0.25) is 0 Å². The Labute approximate surface area is 97.2 Å². The van der Waals surface area contributed by atoms with E-state index in [0.29, 0.717) is 16.9 Å². The lowest BCUT2D eigenvalue weighted by atomic mass is 9.60. The van der Waals surface area contributed by atoms with Gasteiger partial charge in [0.15, 0.2) is 0 Å². The summed E-state index contributed by atoms with van der Waals surface area (Å²) in [5.41, 5.74) is 1.19. The highest BCUT2D eigenvalue weighted by Crippen LogP contribution is 2.80. The molecule has 1 spiro atoms. The van der Waals surface area contributed by atoms with Gasteiger partial charge in [-0.05, 0) is 54.8 Å². The standard InChI is InChI=1S/C15H20O/c1-14-9-2-3-10(14)7-12-8-16-13-5-4-11(6-9)15(12,13)14/h2-3,9-13H,4-8H2,1H3/t9-,10+,11-,12+,13+,14+,15-/m0/s1. The van der Waals surface area contributed by atoms with Crippen molar-refractivity contribution in [1.29, 1.82) is 0 Å². The molecule has 0 amide bonds. The summed E-state index contributed by atoms with van der Waals surface area (Å²) in [4.78, 5) is 0. The lowest BCUT2D eigenvalue weighted by molar-refractivity contribution is -0.0140. The molecule has 0 N–H and O–H groups in total. The normalized spacial score (nSPS) is 68.9. The summed E-state index contributed by atoms with van der Waals surface area (Å²) in [7, 11) is 0. The predicted molar refractivity (Wildman–Crippen MR) is 61.8 cm³/mol. The molecule has 0 radical (unpaired) electrons. The van der Waals surface area contributed by atoms with E-state index in [1.807, 2.05) is 0 Å². The topological polar surface area (TPSA) is 9.23 Å². The molecule has 16 heavy (non-hydrogen) atoms. The molecule has 0 aromatic rings. The summed E-state index contributed by atoms with van der Waals surface area (Å²) in [6.45, 7) is 3.68. The van der Waals surface area contributed by atoms with Crippen LogP contribution in [0.15, 0.2) is 12.2 Å². The Hall–Kier alpha value is -0.300. The Balaban J connectivity index is 1.81. The zero-order valence-electron chi connectivity index (χ0n) is 9.99. The molecule has 4 fully saturated rings. The molecule has 7 atom stereocenters. The van der Waals surface area contributed by atoms with Gasteiger partial charge in [-0.1, -0.05) is 19.1 Å². The van der Waals surface area contributed by atoms with Crippen molar-refractivity contribution < 1.29 is 4.74 Å². The van der Waals surface area contributed by atoms with Crippen LogP contribution in [0.5, 0.6) is 0 Å². The van der Waals surface area contributed by atoms with Gasteiger partial charge in [-0.3, -0.25) is 0 Å². The van der Waals surface area contributed by atoms with Gasteiger partial charge in [0.05, 0.1) is 12.7 Å². The summed E-state index contributed by atoms with van der Waals surface area (Å²) in [5.74, 6) is 3.67. The maximum absolute atomic E-state index is 6.18. The Kier molecular flexibility index (Phi) is 1.25. The van der Waals surface area contributed by atoms with Gasteiger partial charge in [0.1, 0.15) is 0 Å². The van der Waals surface area contributed by atoms with E-state index < -0.39 is 0 Å². The second-order valence-corrected chi connectivity index (χ2v) is 7.08. The highest BCUT2D eigenvalue weighted by molar-refractivity contribution is 5.32. The van der Waals surface area contributed by atoms with Crippen LogP contribution >= 0.6 is 0 Å². The minimum atomic E-state index is 0.583. The molecule has 3 saturated carbocycles. The first-order valence-electron chi connectivity index (χ1n) is 7.08. The van der Waals surface area contributed by atoms with E-state index in [1.165, 1.54) is 25.7 Å². The van der Waals surface area contributed by atoms with Crippen molar-refractivity contribution in [2.45, 2.75) is 38.7 Å². The van der Waals surface area contributed by atoms with Crippen molar-refractivity contribution >= 4 is 0 Å². The van der Waals surface area contributed by atoms with Gasteiger partial charge in [0.25, 0.3) is 0 Å². The zero-order valence-corrected chi connectivity index (χ0v) is 9.99. The average molecular weight is 216 g/mol. The number of allylic oxidation sites excluding steroid dienone is 2. The molecule has 1 nitrogen and oxygen atoms in total. The average Bonchev–Trinajstić information content (AvgIpc) is 2.93. The zero-order chi connectivity index (χ0) is 10.5. The monoisotopic (exact) mass is 216 g/mol. The Morgan fingerprint density at radius 3 is 2.62 bits per heavy atom. The van der Waals surface area contributed by atoms with Crippen LogP contribution in [0.4, 0.5) is 0 Å². The van der Waals surface area contributed by atoms with Gasteiger partial charge in [0, 0.05) is 5.41 Å². The van der Waals surface area contributed by atoms with Crippen LogP contribution in [0.1, 0.15) is 32.6 Å². The number of ether oxygens (including phenoxy) is 1. The Morgan fingerprint density at radius 2 is 1.81 bits per heavy atom. The SMILES string of the molecule is C[C@]12[C@@H]3C=C[C@H]1C[C@@H]1CC[C@H]4OC[C@@H](C3)[C@@]142. The molecule has 5 rings (SSSR count). The number of hydrogen-bond donors (Lipinski definition) is 0. The van der Waals surface area contributed by atoms with E-state index in [1.54, 1.807) is 0 Å². The maximum atomic E-state index is 6.18. The highest BCUT2D eigenvalue weighted by Gasteiger charge is 2.78. The molecule has 1 heterocycles. The van der Waals surface area contributed by atoms with Crippen molar-refractivity contribution in [2.24, 2.45) is 34.5 Å². The van der Waals surface area contributed by atoms with Gasteiger partial charge in [-0.2, -0.15) is 0 Å². The first kappa shape index (κ1) is 8.74. The molecule has 0 aromatic carbocycles. The summed E-state index contributed by atoms with van der Waals surface area (Å²) >= 11 is 0. The van der Waals surface area contributed by atoms with Crippen LogP contribution in [-0.2, 0) is 4.74 Å². The van der Waals surface area contributed by atoms with Gasteiger partial charge in [-0.25, -0.2) is 0 Å². The summed E-state index contributed by atoms with van der Waals surface area (Å²) in [6, 6.07) is 0. The lowest BCUT2D eigenvalue weighted by Gasteiger charge is -2.43. The van der Waals surface area contributed by atoms with Crippen molar-refractivity contribution in [3.63, 3.8) is 0 Å². The molecular weight excluding hydrogens is 196 g/mol.